The standard InChI is InChI=1S/C37H64N2O2Si/c1-5-7-8-9-10-11-13-16-19-22-29-40-35-27-25-34(26-28-35)37-38-32-36(33-39-37)41-30-23-20-17-14-12-15-18-21-24-31-42(3,4)6-2/h25-28,32-33H,5-24,29-31H2,1-4H3. The van der Waals surface area contributed by atoms with Gasteiger partial charge in [-0.15, -0.1) is 0 Å². The molecule has 0 atom stereocenters. The lowest BCUT2D eigenvalue weighted by molar-refractivity contribution is 0.302. The van der Waals surface area contributed by atoms with E-state index in [0.29, 0.717) is 0 Å². The van der Waals surface area contributed by atoms with Crippen LogP contribution in [-0.2, 0) is 0 Å². The Morgan fingerprint density at radius 3 is 1.43 bits per heavy atom. The Hall–Kier alpha value is -1.88. The molecule has 0 aliphatic rings. The Balaban J connectivity index is 1.47. The smallest absolute Gasteiger partial charge is 0.159 e. The normalized spacial score (nSPS) is 11.6. The molecule has 2 rings (SSSR count). The van der Waals surface area contributed by atoms with E-state index < -0.39 is 8.07 Å². The average Bonchev–Trinajstić information content (AvgIpc) is 3.01. The molecule has 1 heterocycles. The van der Waals surface area contributed by atoms with E-state index in [-0.39, 0.29) is 0 Å². The molecule has 0 saturated heterocycles. The fourth-order valence-electron chi connectivity index (χ4n) is 5.33. The maximum atomic E-state index is 5.95. The Morgan fingerprint density at radius 1 is 0.524 bits per heavy atom. The van der Waals surface area contributed by atoms with E-state index in [2.05, 4.69) is 36.9 Å². The van der Waals surface area contributed by atoms with Crippen LogP contribution in [-0.4, -0.2) is 31.3 Å². The van der Waals surface area contributed by atoms with Gasteiger partial charge >= 0.3 is 0 Å². The summed E-state index contributed by atoms with van der Waals surface area (Å²) in [6.45, 7) is 11.3. The van der Waals surface area contributed by atoms with Crippen molar-refractivity contribution >= 4 is 8.07 Å². The highest BCUT2D eigenvalue weighted by Gasteiger charge is 2.16. The molecule has 0 bridgehead atoms. The zero-order valence-electron chi connectivity index (χ0n) is 27.9. The van der Waals surface area contributed by atoms with Gasteiger partial charge in [-0.3, -0.25) is 0 Å². The van der Waals surface area contributed by atoms with Crippen molar-refractivity contribution in [3.05, 3.63) is 36.7 Å². The Kier molecular flexibility index (Phi) is 20.4. The monoisotopic (exact) mass is 596 g/mol. The number of rotatable bonds is 27. The second kappa shape index (κ2) is 23.6. The SMILES string of the molecule is CCCCCCCCCCCCOc1ccc(-c2ncc(OCCCCCCCCCCC[Si](C)(C)CC)cn2)cc1. The Bertz CT molecular complexity index is 886. The van der Waals surface area contributed by atoms with Crippen LogP contribution in [0.2, 0.25) is 25.2 Å². The van der Waals surface area contributed by atoms with Crippen LogP contribution in [0.25, 0.3) is 11.4 Å². The molecule has 4 nitrogen and oxygen atoms in total. The summed E-state index contributed by atoms with van der Waals surface area (Å²) in [6.07, 6.45) is 29.1. The van der Waals surface area contributed by atoms with Crippen LogP contribution in [0.3, 0.4) is 0 Å². The lowest BCUT2D eigenvalue weighted by Crippen LogP contribution is -2.22. The van der Waals surface area contributed by atoms with Crippen LogP contribution in [0.1, 0.15) is 136 Å². The summed E-state index contributed by atoms with van der Waals surface area (Å²) in [5.74, 6) is 2.40. The molecule has 1 aromatic heterocycles. The van der Waals surface area contributed by atoms with Crippen molar-refractivity contribution in [1.29, 1.82) is 0 Å². The Labute approximate surface area is 260 Å². The first-order valence-electron chi connectivity index (χ1n) is 17.7. The first-order valence-corrected chi connectivity index (χ1v) is 21.1. The highest BCUT2D eigenvalue weighted by atomic mass is 28.3. The molecule has 42 heavy (non-hydrogen) atoms. The van der Waals surface area contributed by atoms with Crippen LogP contribution in [0.15, 0.2) is 36.7 Å². The van der Waals surface area contributed by atoms with Crippen molar-refractivity contribution in [3.63, 3.8) is 0 Å². The van der Waals surface area contributed by atoms with Gasteiger partial charge in [0.1, 0.15) is 5.75 Å². The van der Waals surface area contributed by atoms with E-state index in [9.17, 15) is 0 Å². The van der Waals surface area contributed by atoms with E-state index in [1.807, 2.05) is 24.3 Å². The number of hydrogen-bond donors (Lipinski definition) is 0. The molecule has 2 aromatic rings. The molecule has 5 heteroatoms. The number of ether oxygens (including phenoxy) is 2. The summed E-state index contributed by atoms with van der Waals surface area (Å²) in [5, 5.41) is 0. The maximum Gasteiger partial charge on any atom is 0.159 e. The van der Waals surface area contributed by atoms with Crippen molar-refractivity contribution in [2.75, 3.05) is 13.2 Å². The molecule has 0 saturated carbocycles. The van der Waals surface area contributed by atoms with Gasteiger partial charge in [-0.2, -0.15) is 0 Å². The highest BCUT2D eigenvalue weighted by molar-refractivity contribution is 6.77. The lowest BCUT2D eigenvalue weighted by atomic mass is 10.1. The van der Waals surface area contributed by atoms with E-state index >= 15 is 0 Å². The zero-order chi connectivity index (χ0) is 30.1. The van der Waals surface area contributed by atoms with Gasteiger partial charge in [0.25, 0.3) is 0 Å². The molecule has 0 N–H and O–H groups in total. The van der Waals surface area contributed by atoms with Gasteiger partial charge in [-0.05, 0) is 37.1 Å². The van der Waals surface area contributed by atoms with Crippen LogP contribution in [0.4, 0.5) is 0 Å². The second-order valence-electron chi connectivity index (χ2n) is 13.1. The van der Waals surface area contributed by atoms with Crippen molar-refractivity contribution in [1.82, 2.24) is 9.97 Å². The molecule has 0 unspecified atom stereocenters. The summed E-state index contributed by atoms with van der Waals surface area (Å²) in [5.41, 5.74) is 1.000. The minimum absolute atomic E-state index is 0.722. The highest BCUT2D eigenvalue weighted by Crippen LogP contribution is 2.22. The fraction of sp³-hybridized carbons (Fsp3) is 0.730. The minimum Gasteiger partial charge on any atom is -0.494 e. The molecule has 0 spiro atoms. The minimum atomic E-state index is -0.852. The first kappa shape index (κ1) is 36.3. The maximum absolute atomic E-state index is 5.95. The van der Waals surface area contributed by atoms with Gasteiger partial charge in [-0.25, -0.2) is 9.97 Å². The molecular formula is C37H64N2O2Si. The molecule has 238 valence electrons. The number of hydrogen-bond acceptors (Lipinski definition) is 4. The first-order chi connectivity index (χ1) is 20.5. The van der Waals surface area contributed by atoms with E-state index in [4.69, 9.17) is 9.47 Å². The van der Waals surface area contributed by atoms with Crippen molar-refractivity contribution in [2.45, 2.75) is 161 Å². The summed E-state index contributed by atoms with van der Waals surface area (Å²) in [7, 11) is -0.852. The van der Waals surface area contributed by atoms with Crippen molar-refractivity contribution in [2.24, 2.45) is 0 Å². The van der Waals surface area contributed by atoms with E-state index in [1.54, 1.807) is 12.4 Å². The largest absolute Gasteiger partial charge is 0.494 e. The van der Waals surface area contributed by atoms with Gasteiger partial charge in [0.05, 0.1) is 25.6 Å². The lowest BCUT2D eigenvalue weighted by Gasteiger charge is -2.19. The molecular weight excluding hydrogens is 533 g/mol. The molecule has 0 fully saturated rings. The second-order valence-corrected chi connectivity index (χ2v) is 18.6. The average molecular weight is 597 g/mol. The summed E-state index contributed by atoms with van der Waals surface area (Å²) < 4.78 is 11.8. The molecule has 1 aromatic carbocycles. The van der Waals surface area contributed by atoms with E-state index in [1.165, 1.54) is 121 Å². The molecule has 0 aliphatic carbocycles. The number of unbranched alkanes of at least 4 members (excludes halogenated alkanes) is 17. The van der Waals surface area contributed by atoms with Crippen LogP contribution in [0.5, 0.6) is 11.5 Å². The van der Waals surface area contributed by atoms with Gasteiger partial charge in [0, 0.05) is 13.6 Å². The third-order valence-corrected chi connectivity index (χ3v) is 12.4. The number of benzene rings is 1. The Morgan fingerprint density at radius 2 is 0.952 bits per heavy atom. The number of nitrogens with zero attached hydrogens (tertiary/aromatic N) is 2. The molecule has 0 radical (unpaired) electrons. The third kappa shape index (κ3) is 17.9. The van der Waals surface area contributed by atoms with Gasteiger partial charge in [-0.1, -0.05) is 148 Å². The van der Waals surface area contributed by atoms with Gasteiger partial charge in [0.2, 0.25) is 0 Å². The van der Waals surface area contributed by atoms with Gasteiger partial charge < -0.3 is 9.47 Å². The van der Waals surface area contributed by atoms with Crippen LogP contribution in [0, 0.1) is 0 Å². The van der Waals surface area contributed by atoms with Crippen molar-refractivity contribution in [3.8, 4) is 22.9 Å². The third-order valence-electron chi connectivity index (χ3n) is 8.73. The van der Waals surface area contributed by atoms with Crippen molar-refractivity contribution < 1.29 is 9.47 Å². The summed E-state index contributed by atoms with van der Waals surface area (Å²) in [6, 6.07) is 11.1. The summed E-state index contributed by atoms with van der Waals surface area (Å²) in [4.78, 5) is 9.05. The zero-order valence-corrected chi connectivity index (χ0v) is 28.9. The number of aromatic nitrogens is 2. The van der Waals surface area contributed by atoms with Gasteiger partial charge in [0.15, 0.2) is 11.6 Å². The molecule has 0 aliphatic heterocycles. The topological polar surface area (TPSA) is 44.2 Å². The summed E-state index contributed by atoms with van der Waals surface area (Å²) >= 11 is 0. The van der Waals surface area contributed by atoms with Crippen LogP contribution < -0.4 is 9.47 Å². The van der Waals surface area contributed by atoms with Crippen LogP contribution >= 0.6 is 0 Å². The molecule has 0 amide bonds. The fourth-order valence-corrected chi connectivity index (χ4v) is 6.89. The predicted molar refractivity (Wildman–Crippen MR) is 185 cm³/mol. The van der Waals surface area contributed by atoms with E-state index in [0.717, 1.165) is 48.9 Å². The quantitative estimate of drug-likeness (QED) is 0.0760. The predicted octanol–water partition coefficient (Wildman–Crippen LogP) is 12.1.